The molecule has 0 fully saturated rings. The molecule has 0 radical (unpaired) electrons. The highest BCUT2D eigenvalue weighted by Crippen LogP contribution is 2.43. The molecule has 0 saturated heterocycles. The Labute approximate surface area is 108 Å². The third-order valence-electron chi connectivity index (χ3n) is 2.58. The Morgan fingerprint density at radius 1 is 1.11 bits per heavy atom. The smallest absolute Gasteiger partial charge is 0.211 e. The molecule has 0 aliphatic heterocycles. The molecule has 102 valence electrons. The summed E-state index contributed by atoms with van der Waals surface area (Å²) in [5.74, 6) is 0. The lowest BCUT2D eigenvalue weighted by molar-refractivity contribution is -0.131. The van der Waals surface area contributed by atoms with Crippen LogP contribution in [0.4, 0.5) is 13.2 Å². The van der Waals surface area contributed by atoms with E-state index in [-0.39, 0.29) is 16.7 Å². The van der Waals surface area contributed by atoms with Crippen molar-refractivity contribution in [2.45, 2.75) is 32.2 Å². The molecular weight excluding hydrogens is 289 g/mol. The largest absolute Gasteiger partial charge is 0.410 e. The lowest BCUT2D eigenvalue weighted by Crippen LogP contribution is -2.27. The maximum absolute atomic E-state index is 12.9. The van der Waals surface area contributed by atoms with Gasteiger partial charge in [0.15, 0.2) is 5.25 Å². The minimum atomic E-state index is -4.94. The van der Waals surface area contributed by atoms with Gasteiger partial charge in [0.05, 0.1) is 0 Å². The number of rotatable bonds is 2. The molecule has 0 N–H and O–H groups in total. The summed E-state index contributed by atoms with van der Waals surface area (Å²) in [7, 11) is 0.168. The first-order valence-electron chi connectivity index (χ1n) is 5.02. The van der Waals surface area contributed by atoms with Gasteiger partial charge < -0.3 is 0 Å². The second-order valence-electron chi connectivity index (χ2n) is 4.21. The molecule has 0 saturated carbocycles. The monoisotopic (exact) mass is 300 g/mol. The SMILES string of the molecule is Cc1cc(C)c(C(C(F)(F)F)S(=O)(=O)Cl)c(C)c1. The van der Waals surface area contributed by atoms with Gasteiger partial charge in [-0.05, 0) is 37.5 Å². The molecule has 1 rings (SSSR count). The van der Waals surface area contributed by atoms with E-state index in [1.807, 2.05) is 0 Å². The average molecular weight is 301 g/mol. The van der Waals surface area contributed by atoms with E-state index in [1.165, 1.54) is 26.0 Å². The first kappa shape index (κ1) is 15.3. The number of alkyl halides is 3. The molecule has 0 bridgehead atoms. The van der Waals surface area contributed by atoms with Crippen LogP contribution < -0.4 is 0 Å². The summed E-state index contributed by atoms with van der Waals surface area (Å²) >= 11 is 0. The van der Waals surface area contributed by atoms with E-state index in [9.17, 15) is 21.6 Å². The maximum atomic E-state index is 12.9. The minimum Gasteiger partial charge on any atom is -0.211 e. The van der Waals surface area contributed by atoms with Gasteiger partial charge in [-0.1, -0.05) is 17.7 Å². The van der Waals surface area contributed by atoms with Crippen LogP contribution in [0.2, 0.25) is 0 Å². The van der Waals surface area contributed by atoms with Crippen LogP contribution in [-0.2, 0) is 9.05 Å². The zero-order valence-corrected chi connectivity index (χ0v) is 11.5. The Hall–Kier alpha value is -0.750. The zero-order valence-electron chi connectivity index (χ0n) is 9.97. The molecule has 1 aromatic rings. The molecule has 0 aromatic heterocycles. The molecule has 1 unspecified atom stereocenters. The average Bonchev–Trinajstić information content (AvgIpc) is 2.06. The van der Waals surface area contributed by atoms with Crippen molar-refractivity contribution >= 4 is 19.7 Å². The summed E-state index contributed by atoms with van der Waals surface area (Å²) in [6.07, 6.45) is -4.94. The van der Waals surface area contributed by atoms with Crippen LogP contribution in [0.1, 0.15) is 27.5 Å². The Morgan fingerprint density at radius 2 is 1.50 bits per heavy atom. The van der Waals surface area contributed by atoms with Crippen LogP contribution in [-0.4, -0.2) is 14.6 Å². The Kier molecular flexibility index (Phi) is 4.03. The standard InChI is InChI=1S/C11H12ClF3O2S/c1-6-4-7(2)9(8(3)5-6)10(11(13,14)15)18(12,16)17/h4-5,10H,1-3H3. The number of halogens is 4. The highest BCUT2D eigenvalue weighted by molar-refractivity contribution is 8.14. The Morgan fingerprint density at radius 3 is 1.78 bits per heavy atom. The molecule has 0 aliphatic rings. The lowest BCUT2D eigenvalue weighted by Gasteiger charge is -2.22. The molecule has 0 heterocycles. The predicted molar refractivity (Wildman–Crippen MR) is 64.2 cm³/mol. The molecule has 1 atom stereocenters. The maximum Gasteiger partial charge on any atom is 0.410 e. The zero-order chi connectivity index (χ0) is 14.3. The van der Waals surface area contributed by atoms with E-state index in [0.29, 0.717) is 0 Å². The van der Waals surface area contributed by atoms with Crippen molar-refractivity contribution in [1.29, 1.82) is 0 Å². The minimum absolute atomic E-state index is 0.263. The molecule has 0 amide bonds. The fourth-order valence-corrected chi connectivity index (χ4v) is 3.61. The van der Waals surface area contributed by atoms with Crippen LogP contribution >= 0.6 is 10.7 Å². The summed E-state index contributed by atoms with van der Waals surface area (Å²) in [4.78, 5) is 0. The first-order chi connectivity index (χ1) is 7.94. The van der Waals surface area contributed by atoms with Crippen molar-refractivity contribution < 1.29 is 21.6 Å². The second-order valence-corrected chi connectivity index (χ2v) is 6.92. The summed E-state index contributed by atoms with van der Waals surface area (Å²) in [6.45, 7) is 4.61. The second kappa shape index (κ2) is 4.74. The highest BCUT2D eigenvalue weighted by atomic mass is 35.7. The van der Waals surface area contributed by atoms with Crippen LogP contribution in [0, 0.1) is 20.8 Å². The normalized spacial score (nSPS) is 14.6. The van der Waals surface area contributed by atoms with Crippen LogP contribution in [0.5, 0.6) is 0 Å². The van der Waals surface area contributed by atoms with E-state index in [0.717, 1.165) is 5.56 Å². The van der Waals surface area contributed by atoms with Gasteiger partial charge in [0, 0.05) is 10.7 Å². The third kappa shape index (κ3) is 3.17. The fourth-order valence-electron chi connectivity index (χ4n) is 2.07. The molecule has 0 spiro atoms. The van der Waals surface area contributed by atoms with Gasteiger partial charge in [0.2, 0.25) is 9.05 Å². The quantitative estimate of drug-likeness (QED) is 0.779. The summed E-state index contributed by atoms with van der Waals surface area (Å²) in [5.41, 5.74) is 1.00. The lowest BCUT2D eigenvalue weighted by atomic mass is 9.97. The van der Waals surface area contributed by atoms with Crippen molar-refractivity contribution in [1.82, 2.24) is 0 Å². The number of hydrogen-bond donors (Lipinski definition) is 0. The third-order valence-corrected chi connectivity index (χ3v) is 4.18. The van der Waals surface area contributed by atoms with Gasteiger partial charge in [0.1, 0.15) is 0 Å². The van der Waals surface area contributed by atoms with Crippen molar-refractivity contribution in [3.8, 4) is 0 Å². The topological polar surface area (TPSA) is 34.1 Å². The van der Waals surface area contributed by atoms with Gasteiger partial charge in [-0.3, -0.25) is 0 Å². The molecule has 18 heavy (non-hydrogen) atoms. The molecule has 1 aromatic carbocycles. The highest BCUT2D eigenvalue weighted by Gasteiger charge is 2.50. The van der Waals surface area contributed by atoms with Crippen LogP contribution in [0.3, 0.4) is 0 Å². The van der Waals surface area contributed by atoms with Gasteiger partial charge in [-0.15, -0.1) is 0 Å². The molecule has 2 nitrogen and oxygen atoms in total. The van der Waals surface area contributed by atoms with E-state index in [4.69, 9.17) is 10.7 Å². The van der Waals surface area contributed by atoms with Crippen molar-refractivity contribution in [3.05, 3.63) is 34.4 Å². The van der Waals surface area contributed by atoms with Crippen molar-refractivity contribution in [2.24, 2.45) is 0 Å². The molecule has 0 aliphatic carbocycles. The van der Waals surface area contributed by atoms with Gasteiger partial charge in [-0.25, -0.2) is 8.42 Å². The number of aryl methyl sites for hydroxylation is 3. The number of hydrogen-bond acceptors (Lipinski definition) is 2. The van der Waals surface area contributed by atoms with E-state index in [2.05, 4.69) is 0 Å². The van der Waals surface area contributed by atoms with Crippen LogP contribution in [0.15, 0.2) is 12.1 Å². The van der Waals surface area contributed by atoms with Gasteiger partial charge in [0.25, 0.3) is 0 Å². The number of benzene rings is 1. The van der Waals surface area contributed by atoms with Gasteiger partial charge in [-0.2, -0.15) is 13.2 Å². The van der Waals surface area contributed by atoms with E-state index >= 15 is 0 Å². The fraction of sp³-hybridized carbons (Fsp3) is 0.455. The summed E-state index contributed by atoms with van der Waals surface area (Å²) in [6, 6.07) is 3.01. The predicted octanol–water partition coefficient (Wildman–Crippen LogP) is 3.78. The van der Waals surface area contributed by atoms with E-state index in [1.54, 1.807) is 6.92 Å². The van der Waals surface area contributed by atoms with Crippen molar-refractivity contribution in [3.63, 3.8) is 0 Å². The molecular formula is C11H12ClF3O2S. The Balaban J connectivity index is 3.60. The van der Waals surface area contributed by atoms with Crippen molar-refractivity contribution in [2.75, 3.05) is 0 Å². The Bertz CT molecular complexity index is 541. The van der Waals surface area contributed by atoms with E-state index < -0.39 is 20.5 Å². The first-order valence-corrected chi connectivity index (χ1v) is 7.39. The summed E-state index contributed by atoms with van der Waals surface area (Å²) < 4.78 is 61.1. The van der Waals surface area contributed by atoms with Gasteiger partial charge >= 0.3 is 6.18 Å². The molecule has 7 heteroatoms. The van der Waals surface area contributed by atoms with Crippen LogP contribution in [0.25, 0.3) is 0 Å². The summed E-state index contributed by atoms with van der Waals surface area (Å²) in [5, 5.41) is -2.69.